The van der Waals surface area contributed by atoms with Crippen LogP contribution in [-0.2, 0) is 25.7 Å². The lowest BCUT2D eigenvalue weighted by Crippen LogP contribution is -2.61. The molecule has 2 amide bonds. The number of hydrogen-bond acceptors (Lipinski definition) is 7. The molecule has 2 aliphatic rings. The predicted molar refractivity (Wildman–Crippen MR) is 123 cm³/mol. The monoisotopic (exact) mass is 461 g/mol. The maximum absolute atomic E-state index is 13.2. The highest BCUT2D eigenvalue weighted by atomic mass is 16.5. The molecule has 0 unspecified atom stereocenters. The van der Waals surface area contributed by atoms with Gasteiger partial charge in [-0.1, -0.05) is 42.3 Å². The molecule has 174 valence electrons. The van der Waals surface area contributed by atoms with Crippen molar-refractivity contribution in [3.63, 3.8) is 0 Å². The van der Waals surface area contributed by atoms with Crippen LogP contribution in [0.4, 0.5) is 11.4 Å². The zero-order valence-electron chi connectivity index (χ0n) is 18.4. The number of ether oxygens (including phenoxy) is 1. The molecule has 1 spiro atoms. The molecule has 10 nitrogen and oxygen atoms in total. The van der Waals surface area contributed by atoms with E-state index >= 15 is 0 Å². The van der Waals surface area contributed by atoms with Gasteiger partial charge in [0.05, 0.1) is 29.7 Å². The van der Waals surface area contributed by atoms with Crippen LogP contribution < -0.4 is 15.8 Å². The fourth-order valence-corrected chi connectivity index (χ4v) is 4.77. The molecule has 10 heteroatoms. The van der Waals surface area contributed by atoms with Crippen LogP contribution >= 0.6 is 0 Å². The second kappa shape index (κ2) is 8.69. The molecule has 1 aliphatic carbocycles. The van der Waals surface area contributed by atoms with E-state index in [9.17, 15) is 19.2 Å². The van der Waals surface area contributed by atoms with Crippen molar-refractivity contribution in [1.29, 1.82) is 0 Å². The van der Waals surface area contributed by atoms with Crippen LogP contribution in [0.2, 0.25) is 0 Å². The lowest BCUT2D eigenvalue weighted by Gasteiger charge is -2.44. The molecule has 1 aliphatic heterocycles. The summed E-state index contributed by atoms with van der Waals surface area (Å²) >= 11 is 0. The minimum absolute atomic E-state index is 0.0252. The Bertz CT molecular complexity index is 1340. The van der Waals surface area contributed by atoms with Gasteiger partial charge in [0.15, 0.2) is 6.61 Å². The number of benzene rings is 2. The summed E-state index contributed by atoms with van der Waals surface area (Å²) in [5, 5.41) is 11.2. The Kier molecular flexibility index (Phi) is 5.56. The summed E-state index contributed by atoms with van der Waals surface area (Å²) in [5.41, 5.74) is 0.311. The zero-order chi connectivity index (χ0) is 23.7. The van der Waals surface area contributed by atoms with Gasteiger partial charge in [-0.3, -0.25) is 24.1 Å². The Balaban J connectivity index is 1.27. The first kappa shape index (κ1) is 21.7. The number of nitrogens with one attached hydrogen (secondary N) is 1. The van der Waals surface area contributed by atoms with Crippen molar-refractivity contribution in [2.24, 2.45) is 0 Å². The molecular formula is C24H23N5O5. The van der Waals surface area contributed by atoms with Gasteiger partial charge in [-0.15, -0.1) is 5.10 Å². The number of aromatic nitrogens is 3. The van der Waals surface area contributed by atoms with E-state index in [1.807, 2.05) is 0 Å². The van der Waals surface area contributed by atoms with Crippen LogP contribution in [0.15, 0.2) is 53.3 Å². The number of para-hydroxylation sites is 2. The number of carbonyl (C=O) groups excluding carboxylic acids is 3. The van der Waals surface area contributed by atoms with E-state index in [4.69, 9.17) is 4.74 Å². The maximum Gasteiger partial charge on any atom is 0.308 e. The molecule has 1 aromatic heterocycles. The third-order valence-electron chi connectivity index (χ3n) is 6.44. The van der Waals surface area contributed by atoms with Gasteiger partial charge in [-0.2, -0.15) is 0 Å². The standard InChI is InChI=1S/C24H23N5O5/c30-20(29-19-10-4-3-9-18(19)25-23(33)24(29)12-5-6-13-24)15-34-21(31)11-14-28-22(32)16-7-1-2-8-17(16)26-27-28/h1-4,7-10H,5-6,11-15H2,(H,25,33). The van der Waals surface area contributed by atoms with Crippen LogP contribution in [0.3, 0.4) is 0 Å². The van der Waals surface area contributed by atoms with E-state index in [1.54, 1.807) is 48.5 Å². The molecule has 0 bridgehead atoms. The lowest BCUT2D eigenvalue weighted by atomic mass is 9.90. The van der Waals surface area contributed by atoms with Crippen molar-refractivity contribution in [3.05, 3.63) is 58.9 Å². The first-order valence-electron chi connectivity index (χ1n) is 11.2. The third kappa shape index (κ3) is 3.70. The summed E-state index contributed by atoms with van der Waals surface area (Å²) in [5.74, 6) is -1.32. The van der Waals surface area contributed by atoms with Crippen molar-refractivity contribution < 1.29 is 19.1 Å². The Morgan fingerprint density at radius 1 is 1.03 bits per heavy atom. The van der Waals surface area contributed by atoms with Gasteiger partial charge >= 0.3 is 5.97 Å². The van der Waals surface area contributed by atoms with Gasteiger partial charge in [0, 0.05) is 0 Å². The quantitative estimate of drug-likeness (QED) is 0.577. The summed E-state index contributed by atoms with van der Waals surface area (Å²) in [6.07, 6.45) is 2.62. The molecule has 1 N–H and O–H groups in total. The predicted octanol–water partition coefficient (Wildman–Crippen LogP) is 2.02. The average molecular weight is 461 g/mol. The highest BCUT2D eigenvalue weighted by Crippen LogP contribution is 2.45. The van der Waals surface area contributed by atoms with E-state index in [2.05, 4.69) is 15.6 Å². The summed E-state index contributed by atoms with van der Waals surface area (Å²) in [4.78, 5) is 52.6. The first-order valence-corrected chi connectivity index (χ1v) is 11.2. The van der Waals surface area contributed by atoms with Crippen LogP contribution in [0.5, 0.6) is 0 Å². The summed E-state index contributed by atoms with van der Waals surface area (Å²) in [7, 11) is 0. The molecule has 2 heterocycles. The second-order valence-electron chi connectivity index (χ2n) is 8.48. The molecule has 0 atom stereocenters. The minimum Gasteiger partial charge on any atom is -0.455 e. The average Bonchev–Trinajstić information content (AvgIpc) is 3.33. The number of esters is 1. The Hall–Kier alpha value is -4.08. The number of hydrogen-bond donors (Lipinski definition) is 1. The van der Waals surface area contributed by atoms with Crippen molar-refractivity contribution in [3.8, 4) is 0 Å². The second-order valence-corrected chi connectivity index (χ2v) is 8.48. The van der Waals surface area contributed by atoms with Gasteiger partial charge in [-0.25, -0.2) is 4.68 Å². The normalized spacial score (nSPS) is 16.4. The summed E-state index contributed by atoms with van der Waals surface area (Å²) in [6, 6.07) is 13.9. The molecule has 1 saturated carbocycles. The highest BCUT2D eigenvalue weighted by molar-refractivity contribution is 6.15. The van der Waals surface area contributed by atoms with Gasteiger partial charge < -0.3 is 10.1 Å². The van der Waals surface area contributed by atoms with Crippen LogP contribution in [0, 0.1) is 0 Å². The molecule has 2 aromatic carbocycles. The van der Waals surface area contributed by atoms with Crippen molar-refractivity contribution in [1.82, 2.24) is 15.0 Å². The van der Waals surface area contributed by atoms with Gasteiger partial charge in [0.2, 0.25) is 0 Å². The van der Waals surface area contributed by atoms with E-state index in [0.29, 0.717) is 35.1 Å². The van der Waals surface area contributed by atoms with Gasteiger partial charge in [0.25, 0.3) is 17.4 Å². The minimum atomic E-state index is -0.966. The van der Waals surface area contributed by atoms with E-state index in [0.717, 1.165) is 17.5 Å². The highest BCUT2D eigenvalue weighted by Gasteiger charge is 2.52. The number of amides is 2. The molecule has 3 aromatic rings. The molecule has 34 heavy (non-hydrogen) atoms. The molecular weight excluding hydrogens is 438 g/mol. The maximum atomic E-state index is 13.2. The fourth-order valence-electron chi connectivity index (χ4n) is 4.77. The van der Waals surface area contributed by atoms with Crippen molar-refractivity contribution >= 4 is 40.1 Å². The Morgan fingerprint density at radius 3 is 2.59 bits per heavy atom. The van der Waals surface area contributed by atoms with Crippen LogP contribution in [0.25, 0.3) is 10.9 Å². The van der Waals surface area contributed by atoms with E-state index in [-0.39, 0.29) is 24.4 Å². The van der Waals surface area contributed by atoms with E-state index in [1.165, 1.54) is 4.90 Å². The summed E-state index contributed by atoms with van der Waals surface area (Å²) < 4.78 is 6.34. The molecule has 1 fully saturated rings. The lowest BCUT2D eigenvalue weighted by molar-refractivity contribution is -0.148. The number of rotatable bonds is 5. The Labute approximate surface area is 194 Å². The first-order chi connectivity index (χ1) is 16.5. The van der Waals surface area contributed by atoms with Gasteiger partial charge in [-0.05, 0) is 37.1 Å². The SMILES string of the molecule is O=C(CCn1nnc2ccccc2c1=O)OCC(=O)N1c2ccccc2NC(=O)C12CCCC2. The smallest absolute Gasteiger partial charge is 0.308 e. The number of carbonyl (C=O) groups is 3. The van der Waals surface area contributed by atoms with Gasteiger partial charge in [0.1, 0.15) is 11.1 Å². The zero-order valence-corrected chi connectivity index (χ0v) is 18.4. The van der Waals surface area contributed by atoms with Crippen LogP contribution in [-0.4, -0.2) is 44.9 Å². The fraction of sp³-hybridized carbons (Fsp3) is 0.333. The topological polar surface area (TPSA) is 123 Å². The van der Waals surface area contributed by atoms with Crippen molar-refractivity contribution in [2.45, 2.75) is 44.2 Å². The van der Waals surface area contributed by atoms with Crippen molar-refractivity contribution in [2.75, 3.05) is 16.8 Å². The largest absolute Gasteiger partial charge is 0.455 e. The molecule has 0 radical (unpaired) electrons. The number of nitrogens with zero attached hydrogens (tertiary/aromatic N) is 4. The van der Waals surface area contributed by atoms with E-state index < -0.39 is 24.0 Å². The number of fused-ring (bicyclic) bond motifs is 2. The number of anilines is 2. The third-order valence-corrected chi connectivity index (χ3v) is 6.44. The molecule has 0 saturated heterocycles. The molecule has 5 rings (SSSR count). The summed E-state index contributed by atoms with van der Waals surface area (Å²) in [6.45, 7) is -0.525. The van der Waals surface area contributed by atoms with Crippen LogP contribution in [0.1, 0.15) is 32.1 Å². The Morgan fingerprint density at radius 2 is 1.76 bits per heavy atom. The number of aryl methyl sites for hydroxylation is 1.